The van der Waals surface area contributed by atoms with Gasteiger partial charge in [-0.25, -0.2) is 4.79 Å². The molecule has 4 nitrogen and oxygen atoms in total. The number of hydrogen-bond acceptors (Lipinski definition) is 3. The van der Waals surface area contributed by atoms with E-state index in [0.717, 1.165) is 3.57 Å². The van der Waals surface area contributed by atoms with Crippen LogP contribution in [-0.2, 0) is 9.59 Å². The van der Waals surface area contributed by atoms with Gasteiger partial charge in [-0.05, 0) is 46.7 Å². The molecule has 0 aromatic heterocycles. The minimum Gasteiger partial charge on any atom is -0.479 e. The molecule has 0 amide bonds. The van der Waals surface area contributed by atoms with Crippen LogP contribution in [0.25, 0.3) is 0 Å². The Bertz CT molecular complexity index is 461. The summed E-state index contributed by atoms with van der Waals surface area (Å²) in [7, 11) is 0. The van der Waals surface area contributed by atoms with Crippen molar-refractivity contribution < 1.29 is 19.8 Å². The first-order chi connectivity index (χ1) is 7.86. The standard InChI is InChI=1S/C11H10BrIO4/c1-5(14)9(12)8-6(10(15)11(16)17)3-2-4-7(8)13/h2-4,9-10,15H,1H3,(H,16,17). The van der Waals surface area contributed by atoms with E-state index in [1.165, 1.54) is 13.0 Å². The second-order valence-electron chi connectivity index (χ2n) is 3.46. The Morgan fingerprint density at radius 1 is 1.41 bits per heavy atom. The Labute approximate surface area is 120 Å². The van der Waals surface area contributed by atoms with Crippen molar-refractivity contribution in [3.63, 3.8) is 0 Å². The summed E-state index contributed by atoms with van der Waals surface area (Å²) in [6.07, 6.45) is -1.63. The van der Waals surface area contributed by atoms with Gasteiger partial charge < -0.3 is 10.2 Å². The van der Waals surface area contributed by atoms with Crippen LogP contribution in [0, 0.1) is 3.57 Å². The minimum absolute atomic E-state index is 0.145. The lowest BCUT2D eigenvalue weighted by Gasteiger charge is -2.16. The highest BCUT2D eigenvalue weighted by molar-refractivity contribution is 14.1. The molecule has 0 radical (unpaired) electrons. The number of carbonyl (C=O) groups is 2. The molecule has 0 aliphatic heterocycles. The Kier molecular flexibility index (Phi) is 5.08. The highest BCUT2D eigenvalue weighted by Crippen LogP contribution is 2.34. The normalized spacial score (nSPS) is 14.1. The molecule has 0 bridgehead atoms. The van der Waals surface area contributed by atoms with Crippen molar-refractivity contribution in [1.29, 1.82) is 0 Å². The van der Waals surface area contributed by atoms with Crippen LogP contribution in [0.15, 0.2) is 18.2 Å². The lowest BCUT2D eigenvalue weighted by molar-refractivity contribution is -0.147. The van der Waals surface area contributed by atoms with Gasteiger partial charge in [-0.3, -0.25) is 4.79 Å². The van der Waals surface area contributed by atoms with E-state index in [2.05, 4.69) is 15.9 Å². The number of aliphatic carboxylic acids is 1. The first-order valence-electron chi connectivity index (χ1n) is 4.70. The van der Waals surface area contributed by atoms with Crippen LogP contribution in [0.1, 0.15) is 29.0 Å². The number of ketones is 1. The van der Waals surface area contributed by atoms with Gasteiger partial charge in [-0.15, -0.1) is 0 Å². The number of Topliss-reactive ketones (excluding diaryl/α,β-unsaturated/α-hetero) is 1. The number of aliphatic hydroxyl groups excluding tert-OH is 1. The van der Waals surface area contributed by atoms with Crippen LogP contribution < -0.4 is 0 Å². The minimum atomic E-state index is -1.63. The summed E-state index contributed by atoms with van der Waals surface area (Å²) in [6.45, 7) is 1.40. The highest BCUT2D eigenvalue weighted by atomic mass is 127. The number of rotatable bonds is 4. The average Bonchev–Trinajstić information content (AvgIpc) is 2.26. The fourth-order valence-corrected chi connectivity index (χ4v) is 3.17. The number of hydrogen-bond donors (Lipinski definition) is 2. The third-order valence-electron chi connectivity index (χ3n) is 2.23. The van der Waals surface area contributed by atoms with Crippen LogP contribution in [0.2, 0.25) is 0 Å². The number of alkyl halides is 1. The van der Waals surface area contributed by atoms with Crippen molar-refractivity contribution in [2.24, 2.45) is 0 Å². The average molecular weight is 413 g/mol. The molecule has 0 aliphatic carbocycles. The van der Waals surface area contributed by atoms with Crippen molar-refractivity contribution in [3.05, 3.63) is 32.9 Å². The maximum Gasteiger partial charge on any atom is 0.337 e. The largest absolute Gasteiger partial charge is 0.479 e. The van der Waals surface area contributed by atoms with Gasteiger partial charge in [0, 0.05) is 3.57 Å². The molecule has 0 saturated heterocycles. The van der Waals surface area contributed by atoms with Gasteiger partial charge in [0.1, 0.15) is 5.78 Å². The fourth-order valence-electron chi connectivity index (χ4n) is 1.40. The van der Waals surface area contributed by atoms with Gasteiger partial charge in [-0.2, -0.15) is 0 Å². The van der Waals surface area contributed by atoms with Crippen molar-refractivity contribution in [3.8, 4) is 0 Å². The van der Waals surface area contributed by atoms with Crippen molar-refractivity contribution in [1.82, 2.24) is 0 Å². The zero-order valence-electron chi connectivity index (χ0n) is 8.85. The van der Waals surface area contributed by atoms with E-state index >= 15 is 0 Å². The van der Waals surface area contributed by atoms with E-state index in [0.29, 0.717) is 5.56 Å². The van der Waals surface area contributed by atoms with Crippen molar-refractivity contribution in [2.75, 3.05) is 0 Å². The summed E-state index contributed by atoms with van der Waals surface area (Å²) in [5.74, 6) is -1.48. The van der Waals surface area contributed by atoms with E-state index in [1.807, 2.05) is 22.6 Å². The number of halogens is 2. The Hall–Kier alpha value is -0.470. The van der Waals surface area contributed by atoms with E-state index < -0.39 is 16.9 Å². The summed E-state index contributed by atoms with van der Waals surface area (Å²) in [6, 6.07) is 4.91. The zero-order chi connectivity index (χ0) is 13.2. The molecule has 0 aliphatic rings. The molecule has 2 atom stereocenters. The number of carboxylic acids is 1. The maximum atomic E-state index is 11.4. The fraction of sp³-hybridized carbons (Fsp3) is 0.273. The third-order valence-corrected chi connectivity index (χ3v) is 4.27. The summed E-state index contributed by atoms with van der Waals surface area (Å²) in [5, 5.41) is 18.4. The van der Waals surface area contributed by atoms with Crippen LogP contribution in [0.3, 0.4) is 0 Å². The second kappa shape index (κ2) is 5.92. The van der Waals surface area contributed by atoms with Crippen LogP contribution in [0.4, 0.5) is 0 Å². The molecule has 0 fully saturated rings. The molecule has 0 heterocycles. The molecule has 2 unspecified atom stereocenters. The Morgan fingerprint density at radius 3 is 2.47 bits per heavy atom. The third kappa shape index (κ3) is 3.26. The summed E-state index contributed by atoms with van der Waals surface area (Å²) in [5.41, 5.74) is 0.747. The summed E-state index contributed by atoms with van der Waals surface area (Å²) >= 11 is 5.22. The van der Waals surface area contributed by atoms with Gasteiger partial charge >= 0.3 is 5.97 Å². The van der Waals surface area contributed by atoms with Crippen molar-refractivity contribution in [2.45, 2.75) is 17.9 Å². The maximum absolute atomic E-state index is 11.4. The topological polar surface area (TPSA) is 74.6 Å². The summed E-state index contributed by atoms with van der Waals surface area (Å²) in [4.78, 5) is 21.6. The highest BCUT2D eigenvalue weighted by Gasteiger charge is 2.26. The zero-order valence-corrected chi connectivity index (χ0v) is 12.6. The molecule has 2 N–H and O–H groups in total. The van der Waals surface area contributed by atoms with E-state index in [1.54, 1.807) is 12.1 Å². The number of carbonyl (C=O) groups excluding carboxylic acids is 1. The van der Waals surface area contributed by atoms with E-state index in [-0.39, 0.29) is 11.3 Å². The lowest BCUT2D eigenvalue weighted by atomic mass is 9.98. The van der Waals surface area contributed by atoms with Crippen LogP contribution >= 0.6 is 38.5 Å². The summed E-state index contributed by atoms with van der Waals surface area (Å²) < 4.78 is 0.734. The molecule has 17 heavy (non-hydrogen) atoms. The number of aliphatic hydroxyl groups is 1. The SMILES string of the molecule is CC(=O)C(Br)c1c(I)cccc1C(O)C(=O)O. The quantitative estimate of drug-likeness (QED) is 0.588. The molecule has 92 valence electrons. The molecule has 1 rings (SSSR count). The molecular formula is C11H10BrIO4. The van der Waals surface area contributed by atoms with E-state index in [4.69, 9.17) is 5.11 Å². The molecule has 1 aromatic carbocycles. The van der Waals surface area contributed by atoms with E-state index in [9.17, 15) is 14.7 Å². The van der Waals surface area contributed by atoms with Gasteiger partial charge in [0.15, 0.2) is 6.10 Å². The van der Waals surface area contributed by atoms with Crippen molar-refractivity contribution >= 4 is 50.3 Å². The molecule has 1 aromatic rings. The Morgan fingerprint density at radius 2 is 2.00 bits per heavy atom. The first kappa shape index (κ1) is 14.6. The molecule has 0 spiro atoms. The van der Waals surface area contributed by atoms with Gasteiger partial charge in [-0.1, -0.05) is 28.1 Å². The predicted octanol–water partition coefficient (Wildman–Crippen LogP) is 2.43. The first-order valence-corrected chi connectivity index (χ1v) is 6.69. The molecular weight excluding hydrogens is 403 g/mol. The van der Waals surface area contributed by atoms with Gasteiger partial charge in [0.05, 0.1) is 4.83 Å². The monoisotopic (exact) mass is 412 g/mol. The lowest BCUT2D eigenvalue weighted by Crippen LogP contribution is -2.16. The number of benzene rings is 1. The number of carboxylic acid groups (broad SMARTS) is 1. The van der Waals surface area contributed by atoms with Gasteiger partial charge in [0.2, 0.25) is 0 Å². The second-order valence-corrected chi connectivity index (χ2v) is 5.53. The predicted molar refractivity (Wildman–Crippen MR) is 74.1 cm³/mol. The smallest absolute Gasteiger partial charge is 0.337 e. The van der Waals surface area contributed by atoms with Gasteiger partial charge in [0.25, 0.3) is 0 Å². The van der Waals surface area contributed by atoms with Crippen LogP contribution in [-0.4, -0.2) is 22.0 Å². The Balaban J connectivity index is 3.36. The molecule has 0 saturated carbocycles. The molecule has 6 heteroatoms. The van der Waals surface area contributed by atoms with Crippen LogP contribution in [0.5, 0.6) is 0 Å².